The highest BCUT2D eigenvalue weighted by molar-refractivity contribution is 9.10. The first-order chi connectivity index (χ1) is 15.4. The van der Waals surface area contributed by atoms with Crippen LogP contribution < -0.4 is 9.47 Å². The molecule has 0 amide bonds. The Morgan fingerprint density at radius 2 is 1.72 bits per heavy atom. The molecule has 0 aromatic heterocycles. The van der Waals surface area contributed by atoms with E-state index >= 15 is 0 Å². The zero-order valence-corrected chi connectivity index (χ0v) is 20.2. The topological polar surface area (TPSA) is 85.4 Å². The van der Waals surface area contributed by atoms with E-state index in [2.05, 4.69) is 37.9 Å². The lowest BCUT2D eigenvalue weighted by Crippen LogP contribution is -2.00. The number of nitro benzene ring substituents is 1. The molecule has 0 bridgehead atoms. The number of nitriles is 1. The van der Waals surface area contributed by atoms with Crippen LogP contribution in [0, 0.1) is 21.4 Å². The fourth-order valence-corrected chi connectivity index (χ4v) is 3.58. The number of ether oxygens (including phenoxy) is 2. The van der Waals surface area contributed by atoms with Crippen molar-refractivity contribution in [1.82, 2.24) is 0 Å². The molecular formula is C24H18Br2N2O4. The molecule has 0 N–H and O–H groups in total. The second-order valence-corrected chi connectivity index (χ2v) is 8.41. The summed E-state index contributed by atoms with van der Waals surface area (Å²) in [6.07, 6.45) is 1.70. The maximum absolute atomic E-state index is 10.9. The summed E-state index contributed by atoms with van der Waals surface area (Å²) >= 11 is 6.96. The Hall–Kier alpha value is -3.15. The third-order valence-corrected chi connectivity index (χ3v) is 5.70. The molecule has 0 saturated carbocycles. The van der Waals surface area contributed by atoms with Crippen molar-refractivity contribution in [2.24, 2.45) is 0 Å². The van der Waals surface area contributed by atoms with Crippen LogP contribution in [0.25, 0.3) is 11.6 Å². The van der Waals surface area contributed by atoms with Crippen LogP contribution in [0.15, 0.2) is 69.6 Å². The Morgan fingerprint density at radius 1 is 1.06 bits per heavy atom. The normalized spacial score (nSPS) is 11.0. The molecule has 8 heteroatoms. The van der Waals surface area contributed by atoms with Gasteiger partial charge < -0.3 is 9.47 Å². The average Bonchev–Trinajstić information content (AvgIpc) is 2.79. The van der Waals surface area contributed by atoms with Gasteiger partial charge in [0, 0.05) is 21.1 Å². The van der Waals surface area contributed by atoms with E-state index in [9.17, 15) is 15.4 Å². The molecule has 0 fully saturated rings. The summed E-state index contributed by atoms with van der Waals surface area (Å²) in [6.45, 7) is 2.71. The SMILES string of the molecule is CCOc1cc(/C=C(/C#N)c2ccc([N+](=O)[O-])cc2)c(Br)cc1OCc1ccc(Br)cc1. The first-order valence-electron chi connectivity index (χ1n) is 9.61. The standard InChI is InChI=1S/C24H18Br2N2O4/c1-2-31-23-12-18(11-19(14-27)17-5-9-21(10-6-17)28(29)30)22(26)13-24(23)32-15-16-3-7-20(25)8-4-16/h3-13H,2,15H2,1H3/b19-11-. The number of nitrogens with zero attached hydrogens (tertiary/aromatic N) is 2. The van der Waals surface area contributed by atoms with Crippen molar-refractivity contribution in [2.45, 2.75) is 13.5 Å². The van der Waals surface area contributed by atoms with Crippen LogP contribution in [0.3, 0.4) is 0 Å². The minimum atomic E-state index is -0.475. The summed E-state index contributed by atoms with van der Waals surface area (Å²) in [5.74, 6) is 1.13. The van der Waals surface area contributed by atoms with Gasteiger partial charge in [-0.25, -0.2) is 0 Å². The van der Waals surface area contributed by atoms with Crippen LogP contribution in [-0.4, -0.2) is 11.5 Å². The average molecular weight is 558 g/mol. The molecule has 3 aromatic rings. The number of rotatable bonds is 8. The van der Waals surface area contributed by atoms with E-state index in [1.807, 2.05) is 31.2 Å². The Balaban J connectivity index is 1.90. The van der Waals surface area contributed by atoms with Gasteiger partial charge in [-0.1, -0.05) is 44.0 Å². The van der Waals surface area contributed by atoms with Gasteiger partial charge in [-0.3, -0.25) is 10.1 Å². The fourth-order valence-electron chi connectivity index (χ4n) is 2.88. The van der Waals surface area contributed by atoms with E-state index in [-0.39, 0.29) is 5.69 Å². The van der Waals surface area contributed by atoms with Crippen molar-refractivity contribution in [3.8, 4) is 17.6 Å². The number of non-ortho nitro benzene ring substituents is 1. The molecular weight excluding hydrogens is 540 g/mol. The molecule has 0 atom stereocenters. The first-order valence-corrected chi connectivity index (χ1v) is 11.2. The number of hydrogen-bond donors (Lipinski definition) is 0. The highest BCUT2D eigenvalue weighted by atomic mass is 79.9. The predicted octanol–water partition coefficient (Wildman–Crippen LogP) is 7.16. The maximum atomic E-state index is 10.9. The third kappa shape index (κ3) is 5.96. The zero-order chi connectivity index (χ0) is 23.1. The summed E-state index contributed by atoms with van der Waals surface area (Å²) < 4.78 is 13.5. The van der Waals surface area contributed by atoms with Crippen molar-refractivity contribution in [1.29, 1.82) is 5.26 Å². The largest absolute Gasteiger partial charge is 0.490 e. The molecule has 3 aromatic carbocycles. The van der Waals surface area contributed by atoms with Gasteiger partial charge in [0.2, 0.25) is 0 Å². The van der Waals surface area contributed by atoms with Crippen LogP contribution >= 0.6 is 31.9 Å². The monoisotopic (exact) mass is 556 g/mol. The molecule has 6 nitrogen and oxygen atoms in total. The lowest BCUT2D eigenvalue weighted by atomic mass is 10.0. The maximum Gasteiger partial charge on any atom is 0.269 e. The van der Waals surface area contributed by atoms with E-state index in [1.165, 1.54) is 12.1 Å². The quantitative estimate of drug-likeness (QED) is 0.127. The van der Waals surface area contributed by atoms with Gasteiger partial charge in [-0.2, -0.15) is 5.26 Å². The second-order valence-electron chi connectivity index (χ2n) is 6.64. The van der Waals surface area contributed by atoms with Crippen LogP contribution in [0.2, 0.25) is 0 Å². The minimum Gasteiger partial charge on any atom is -0.490 e. The molecule has 32 heavy (non-hydrogen) atoms. The molecule has 0 radical (unpaired) electrons. The van der Waals surface area contributed by atoms with Crippen molar-refractivity contribution in [2.75, 3.05) is 6.61 Å². The minimum absolute atomic E-state index is 0.0295. The van der Waals surface area contributed by atoms with Crippen molar-refractivity contribution >= 4 is 49.2 Å². The second kappa shape index (κ2) is 10.9. The fraction of sp³-hybridized carbons (Fsp3) is 0.125. The molecule has 3 rings (SSSR count). The van der Waals surface area contributed by atoms with E-state index in [0.717, 1.165) is 20.1 Å². The van der Waals surface area contributed by atoms with Crippen molar-refractivity contribution < 1.29 is 14.4 Å². The molecule has 0 aliphatic heterocycles. The van der Waals surface area contributed by atoms with E-state index < -0.39 is 4.92 Å². The molecule has 0 heterocycles. The Labute approximate surface area is 202 Å². The van der Waals surface area contributed by atoms with Gasteiger partial charge in [0.05, 0.1) is 23.2 Å². The number of hydrogen-bond acceptors (Lipinski definition) is 5. The molecule has 0 unspecified atom stereocenters. The number of allylic oxidation sites excluding steroid dienone is 1. The first kappa shape index (κ1) is 23.5. The Kier molecular flexibility index (Phi) is 8.03. The molecule has 0 aliphatic carbocycles. The molecule has 0 saturated heterocycles. The van der Waals surface area contributed by atoms with Gasteiger partial charge in [-0.05, 0) is 66.1 Å². The smallest absolute Gasteiger partial charge is 0.269 e. The lowest BCUT2D eigenvalue weighted by Gasteiger charge is -2.14. The van der Waals surface area contributed by atoms with Gasteiger partial charge >= 0.3 is 0 Å². The molecule has 0 spiro atoms. The molecule has 162 valence electrons. The van der Waals surface area contributed by atoms with E-state index in [4.69, 9.17) is 9.47 Å². The van der Waals surface area contributed by atoms with Gasteiger partial charge in [0.15, 0.2) is 11.5 Å². The molecule has 0 aliphatic rings. The third-order valence-electron chi connectivity index (χ3n) is 4.48. The van der Waals surface area contributed by atoms with Crippen LogP contribution in [-0.2, 0) is 6.61 Å². The number of benzene rings is 3. The van der Waals surface area contributed by atoms with Crippen molar-refractivity contribution in [3.63, 3.8) is 0 Å². The Bertz CT molecular complexity index is 1180. The summed E-state index contributed by atoms with van der Waals surface area (Å²) in [6, 6.07) is 19.5. The lowest BCUT2D eigenvalue weighted by molar-refractivity contribution is -0.384. The number of nitro groups is 1. The van der Waals surface area contributed by atoms with Crippen molar-refractivity contribution in [3.05, 3.63) is 96.4 Å². The summed E-state index contributed by atoms with van der Waals surface area (Å²) in [7, 11) is 0. The summed E-state index contributed by atoms with van der Waals surface area (Å²) in [5.41, 5.74) is 2.66. The summed E-state index contributed by atoms with van der Waals surface area (Å²) in [5, 5.41) is 20.5. The highest BCUT2D eigenvalue weighted by Crippen LogP contribution is 2.36. The highest BCUT2D eigenvalue weighted by Gasteiger charge is 2.13. The van der Waals surface area contributed by atoms with E-state index in [0.29, 0.717) is 35.8 Å². The van der Waals surface area contributed by atoms with Crippen LogP contribution in [0.5, 0.6) is 11.5 Å². The van der Waals surface area contributed by atoms with E-state index in [1.54, 1.807) is 30.3 Å². The predicted molar refractivity (Wildman–Crippen MR) is 130 cm³/mol. The van der Waals surface area contributed by atoms with Gasteiger partial charge in [-0.15, -0.1) is 0 Å². The Morgan fingerprint density at radius 3 is 2.31 bits per heavy atom. The number of halogens is 2. The van der Waals surface area contributed by atoms with Crippen LogP contribution in [0.4, 0.5) is 5.69 Å². The van der Waals surface area contributed by atoms with Crippen LogP contribution in [0.1, 0.15) is 23.6 Å². The zero-order valence-electron chi connectivity index (χ0n) is 17.0. The van der Waals surface area contributed by atoms with Gasteiger partial charge in [0.25, 0.3) is 5.69 Å². The summed E-state index contributed by atoms with van der Waals surface area (Å²) in [4.78, 5) is 10.4. The van der Waals surface area contributed by atoms with Gasteiger partial charge in [0.1, 0.15) is 6.61 Å².